The second kappa shape index (κ2) is 5.92. The third-order valence-corrected chi connectivity index (χ3v) is 4.27. The van der Waals surface area contributed by atoms with Gasteiger partial charge in [-0.05, 0) is 23.8 Å². The summed E-state index contributed by atoms with van der Waals surface area (Å²) in [5, 5.41) is 0.570. The molecule has 0 unspecified atom stereocenters. The van der Waals surface area contributed by atoms with E-state index in [2.05, 4.69) is 4.72 Å². The zero-order valence-electron chi connectivity index (χ0n) is 9.81. The highest BCUT2D eigenvalue weighted by Gasteiger charge is 2.15. The van der Waals surface area contributed by atoms with Crippen molar-refractivity contribution in [1.29, 1.82) is 0 Å². The number of hydrogen-bond acceptors (Lipinski definition) is 2. The van der Waals surface area contributed by atoms with Crippen LogP contribution >= 0.6 is 23.2 Å². The molecule has 0 spiro atoms. The van der Waals surface area contributed by atoms with Gasteiger partial charge in [0.2, 0.25) is 10.0 Å². The first kappa shape index (κ1) is 14.3. The molecule has 0 bridgehead atoms. The van der Waals surface area contributed by atoms with Gasteiger partial charge >= 0.3 is 0 Å². The molecule has 0 aliphatic heterocycles. The van der Waals surface area contributed by atoms with Gasteiger partial charge in [-0.25, -0.2) is 13.1 Å². The number of nitrogens with one attached hydrogen (secondary N) is 1. The fraction of sp³-hybridized carbons (Fsp3) is 0.0769. The van der Waals surface area contributed by atoms with E-state index in [1.807, 2.05) is 30.3 Å². The summed E-state index contributed by atoms with van der Waals surface area (Å²) in [5.41, 5.74) is 0.874. The van der Waals surface area contributed by atoms with Crippen LogP contribution in [0.15, 0.2) is 53.4 Å². The Morgan fingerprint density at radius 3 is 2.11 bits per heavy atom. The number of hydrogen-bond donors (Lipinski definition) is 1. The van der Waals surface area contributed by atoms with Gasteiger partial charge in [0, 0.05) is 16.6 Å². The minimum absolute atomic E-state index is 0.0564. The molecular formula is C13H11Cl2NO2S. The lowest BCUT2D eigenvalue weighted by Crippen LogP contribution is -2.23. The second-order valence-corrected chi connectivity index (χ2v) is 6.56. The Kier molecular flexibility index (Phi) is 4.47. The van der Waals surface area contributed by atoms with Gasteiger partial charge in [-0.2, -0.15) is 0 Å². The molecule has 2 rings (SSSR count). The molecule has 0 radical (unpaired) electrons. The van der Waals surface area contributed by atoms with Crippen molar-refractivity contribution in [3.05, 3.63) is 64.1 Å². The first-order valence-corrected chi connectivity index (χ1v) is 7.71. The van der Waals surface area contributed by atoms with Crippen LogP contribution < -0.4 is 4.72 Å². The second-order valence-electron chi connectivity index (χ2n) is 3.92. The Morgan fingerprint density at radius 2 is 1.53 bits per heavy atom. The molecule has 2 aromatic carbocycles. The van der Waals surface area contributed by atoms with E-state index in [0.29, 0.717) is 0 Å². The first-order valence-electron chi connectivity index (χ1n) is 5.47. The third-order valence-electron chi connectivity index (χ3n) is 2.46. The molecule has 0 aromatic heterocycles. The average molecular weight is 316 g/mol. The fourth-order valence-corrected chi connectivity index (χ4v) is 3.28. The largest absolute Gasteiger partial charge is 0.240 e. The lowest BCUT2D eigenvalue weighted by atomic mass is 10.2. The maximum absolute atomic E-state index is 12.1. The summed E-state index contributed by atoms with van der Waals surface area (Å²) in [6.07, 6.45) is 0. The molecule has 0 saturated carbocycles. The SMILES string of the molecule is O=S(=O)(NCc1ccccc1)c1cc(Cl)cc(Cl)c1. The van der Waals surface area contributed by atoms with Gasteiger partial charge in [-0.3, -0.25) is 0 Å². The van der Waals surface area contributed by atoms with Crippen molar-refractivity contribution >= 4 is 33.2 Å². The van der Waals surface area contributed by atoms with E-state index in [1.54, 1.807) is 0 Å². The van der Waals surface area contributed by atoms with Crippen molar-refractivity contribution in [3.63, 3.8) is 0 Å². The van der Waals surface area contributed by atoms with Crippen molar-refractivity contribution in [2.45, 2.75) is 11.4 Å². The predicted molar refractivity (Wildman–Crippen MR) is 76.9 cm³/mol. The van der Waals surface area contributed by atoms with E-state index >= 15 is 0 Å². The summed E-state index contributed by atoms with van der Waals surface area (Å²) in [7, 11) is -3.62. The topological polar surface area (TPSA) is 46.2 Å². The van der Waals surface area contributed by atoms with Crippen LogP contribution in [0.2, 0.25) is 10.0 Å². The Balaban J connectivity index is 2.19. The minimum Gasteiger partial charge on any atom is -0.207 e. The number of rotatable bonds is 4. The zero-order valence-corrected chi connectivity index (χ0v) is 12.1. The van der Waals surface area contributed by atoms with E-state index in [1.165, 1.54) is 18.2 Å². The van der Waals surface area contributed by atoms with Gasteiger partial charge < -0.3 is 0 Å². The Morgan fingerprint density at radius 1 is 0.947 bits per heavy atom. The zero-order chi connectivity index (χ0) is 13.9. The van der Waals surface area contributed by atoms with Gasteiger partial charge in [-0.1, -0.05) is 53.5 Å². The van der Waals surface area contributed by atoms with Crippen LogP contribution in [-0.4, -0.2) is 8.42 Å². The molecule has 0 aliphatic carbocycles. The van der Waals surface area contributed by atoms with Crippen LogP contribution in [0.1, 0.15) is 5.56 Å². The van der Waals surface area contributed by atoms with Crippen molar-refractivity contribution < 1.29 is 8.42 Å². The van der Waals surface area contributed by atoms with Crippen molar-refractivity contribution in [2.24, 2.45) is 0 Å². The van der Waals surface area contributed by atoms with Crippen molar-refractivity contribution in [2.75, 3.05) is 0 Å². The molecule has 19 heavy (non-hydrogen) atoms. The van der Waals surface area contributed by atoms with Gasteiger partial charge in [0.1, 0.15) is 0 Å². The Labute approximate surface area is 122 Å². The molecular weight excluding hydrogens is 305 g/mol. The quantitative estimate of drug-likeness (QED) is 0.939. The minimum atomic E-state index is -3.62. The summed E-state index contributed by atoms with van der Waals surface area (Å²) in [6.45, 7) is 0.216. The lowest BCUT2D eigenvalue weighted by Gasteiger charge is -2.07. The smallest absolute Gasteiger partial charge is 0.207 e. The molecule has 6 heteroatoms. The monoisotopic (exact) mass is 315 g/mol. The van der Waals surface area contributed by atoms with Gasteiger partial charge in [-0.15, -0.1) is 0 Å². The van der Waals surface area contributed by atoms with Gasteiger partial charge in [0.25, 0.3) is 0 Å². The van der Waals surface area contributed by atoms with Crippen LogP contribution in [0, 0.1) is 0 Å². The van der Waals surface area contributed by atoms with Crippen LogP contribution in [0.5, 0.6) is 0 Å². The van der Waals surface area contributed by atoms with E-state index in [0.717, 1.165) is 5.56 Å². The first-order chi connectivity index (χ1) is 8.97. The Hall–Kier alpha value is -1.07. The van der Waals surface area contributed by atoms with Crippen LogP contribution in [-0.2, 0) is 16.6 Å². The van der Waals surface area contributed by atoms with Gasteiger partial charge in [0.05, 0.1) is 4.90 Å². The van der Waals surface area contributed by atoms with Crippen LogP contribution in [0.4, 0.5) is 0 Å². The molecule has 0 aliphatic rings. The van der Waals surface area contributed by atoms with E-state index < -0.39 is 10.0 Å². The number of benzene rings is 2. The standard InChI is InChI=1S/C13H11Cl2NO2S/c14-11-6-12(15)8-13(7-11)19(17,18)16-9-10-4-2-1-3-5-10/h1-8,16H,9H2. The van der Waals surface area contributed by atoms with Crippen LogP contribution in [0.25, 0.3) is 0 Å². The fourth-order valence-electron chi connectivity index (χ4n) is 1.54. The highest BCUT2D eigenvalue weighted by molar-refractivity contribution is 7.89. The number of sulfonamides is 1. The molecule has 0 amide bonds. The van der Waals surface area contributed by atoms with E-state index in [4.69, 9.17) is 23.2 Å². The van der Waals surface area contributed by atoms with E-state index in [9.17, 15) is 8.42 Å². The molecule has 0 atom stereocenters. The number of halogens is 2. The highest BCUT2D eigenvalue weighted by atomic mass is 35.5. The maximum Gasteiger partial charge on any atom is 0.240 e. The molecule has 0 saturated heterocycles. The predicted octanol–water partition coefficient (Wildman–Crippen LogP) is 3.47. The van der Waals surface area contributed by atoms with Crippen molar-refractivity contribution in [1.82, 2.24) is 4.72 Å². The lowest BCUT2D eigenvalue weighted by molar-refractivity contribution is 0.581. The van der Waals surface area contributed by atoms with Gasteiger partial charge in [0.15, 0.2) is 0 Å². The average Bonchev–Trinajstić information content (AvgIpc) is 2.37. The normalized spacial score (nSPS) is 11.5. The summed E-state index contributed by atoms with van der Waals surface area (Å²) >= 11 is 11.6. The third kappa shape index (κ3) is 3.94. The van der Waals surface area contributed by atoms with Crippen molar-refractivity contribution in [3.8, 4) is 0 Å². The van der Waals surface area contributed by atoms with Crippen LogP contribution in [0.3, 0.4) is 0 Å². The summed E-state index contributed by atoms with van der Waals surface area (Å²) in [6, 6.07) is 13.5. The Bertz CT molecular complexity index is 652. The molecule has 1 N–H and O–H groups in total. The molecule has 0 heterocycles. The molecule has 3 nitrogen and oxygen atoms in total. The highest BCUT2D eigenvalue weighted by Crippen LogP contribution is 2.22. The molecule has 100 valence electrons. The molecule has 2 aromatic rings. The summed E-state index contributed by atoms with van der Waals surface area (Å²) < 4.78 is 26.7. The molecule has 0 fully saturated rings. The summed E-state index contributed by atoms with van der Waals surface area (Å²) in [4.78, 5) is 0.0564. The summed E-state index contributed by atoms with van der Waals surface area (Å²) in [5.74, 6) is 0. The maximum atomic E-state index is 12.1. The van der Waals surface area contributed by atoms with E-state index in [-0.39, 0.29) is 21.5 Å².